The van der Waals surface area contributed by atoms with Crippen LogP contribution in [0.25, 0.3) is 0 Å². The molecule has 7 nitrogen and oxygen atoms in total. The van der Waals surface area contributed by atoms with Crippen LogP contribution in [0.5, 0.6) is 5.88 Å². The molecule has 0 aliphatic carbocycles. The maximum absolute atomic E-state index is 13.9. The van der Waals surface area contributed by atoms with Crippen molar-refractivity contribution in [1.82, 2.24) is 14.3 Å². The molecule has 1 aromatic heterocycles. The summed E-state index contributed by atoms with van der Waals surface area (Å²) in [6.45, 7) is 0.0868. The first-order chi connectivity index (χ1) is 12.4. The maximum atomic E-state index is 13.9. The number of sulfonamides is 1. The lowest BCUT2D eigenvalue weighted by Gasteiger charge is -2.31. The van der Waals surface area contributed by atoms with Crippen LogP contribution in [0.15, 0.2) is 35.5 Å². The molecule has 1 atom stereocenters. The van der Waals surface area contributed by atoms with Crippen LogP contribution in [0.1, 0.15) is 18.5 Å². The lowest BCUT2D eigenvalue weighted by molar-refractivity contribution is 0.123. The highest BCUT2D eigenvalue weighted by Gasteiger charge is 2.33. The van der Waals surface area contributed by atoms with Gasteiger partial charge < -0.3 is 4.74 Å². The Bertz CT molecular complexity index is 962. The summed E-state index contributed by atoms with van der Waals surface area (Å²) in [7, 11) is -4.22. The van der Waals surface area contributed by atoms with E-state index in [9.17, 15) is 17.2 Å². The topological polar surface area (TPSA) is 96.2 Å². The van der Waals surface area contributed by atoms with Crippen molar-refractivity contribution in [3.8, 4) is 11.9 Å². The summed E-state index contributed by atoms with van der Waals surface area (Å²) < 4.78 is 59.3. The number of nitrogens with zero attached hydrogens (tertiary/aromatic N) is 4. The zero-order valence-electron chi connectivity index (χ0n) is 13.5. The molecular formula is C16H14F2N4O3S. The third kappa shape index (κ3) is 3.63. The van der Waals surface area contributed by atoms with Crippen molar-refractivity contribution in [1.29, 1.82) is 5.26 Å². The summed E-state index contributed by atoms with van der Waals surface area (Å²) >= 11 is 0. The summed E-state index contributed by atoms with van der Waals surface area (Å²) in [5.74, 6) is -1.85. The fourth-order valence-electron chi connectivity index (χ4n) is 2.68. The molecule has 1 unspecified atom stereocenters. The molecule has 1 aliphatic rings. The van der Waals surface area contributed by atoms with Crippen LogP contribution < -0.4 is 4.74 Å². The van der Waals surface area contributed by atoms with Crippen molar-refractivity contribution < 1.29 is 21.9 Å². The maximum Gasteiger partial charge on any atom is 0.251 e. The smallest absolute Gasteiger partial charge is 0.251 e. The van der Waals surface area contributed by atoms with E-state index >= 15 is 0 Å². The highest BCUT2D eigenvalue weighted by molar-refractivity contribution is 7.89. The third-order valence-corrected chi connectivity index (χ3v) is 5.78. The van der Waals surface area contributed by atoms with Gasteiger partial charge in [0.1, 0.15) is 28.7 Å². The van der Waals surface area contributed by atoms with Gasteiger partial charge in [0.2, 0.25) is 15.7 Å². The van der Waals surface area contributed by atoms with Crippen LogP contribution in [0.2, 0.25) is 0 Å². The van der Waals surface area contributed by atoms with Gasteiger partial charge >= 0.3 is 0 Å². The SMILES string of the molecule is N#Cc1nccnc1OC1CCCN(S(=O)(=O)c2cc(F)ccc2F)C1. The molecule has 136 valence electrons. The molecule has 10 heteroatoms. The highest BCUT2D eigenvalue weighted by Crippen LogP contribution is 2.25. The number of ether oxygens (including phenoxy) is 1. The Labute approximate surface area is 148 Å². The number of hydrogen-bond acceptors (Lipinski definition) is 6. The van der Waals surface area contributed by atoms with Crippen molar-refractivity contribution in [2.45, 2.75) is 23.8 Å². The summed E-state index contributed by atoms with van der Waals surface area (Å²) in [4.78, 5) is 7.04. The Kier molecular flexibility index (Phi) is 5.11. The van der Waals surface area contributed by atoms with Crippen molar-refractivity contribution in [3.63, 3.8) is 0 Å². The van der Waals surface area contributed by atoms with Gasteiger partial charge in [0.15, 0.2) is 0 Å². The zero-order valence-corrected chi connectivity index (χ0v) is 14.3. The number of aromatic nitrogens is 2. The zero-order chi connectivity index (χ0) is 18.7. The van der Waals surface area contributed by atoms with Gasteiger partial charge in [-0.05, 0) is 31.0 Å². The van der Waals surface area contributed by atoms with Gasteiger partial charge in [-0.3, -0.25) is 0 Å². The lowest BCUT2D eigenvalue weighted by Crippen LogP contribution is -2.44. The number of rotatable bonds is 4. The molecule has 1 aromatic carbocycles. The van der Waals surface area contributed by atoms with E-state index in [0.29, 0.717) is 18.9 Å². The van der Waals surface area contributed by atoms with Crippen LogP contribution in [0.3, 0.4) is 0 Å². The molecule has 2 heterocycles. The molecule has 26 heavy (non-hydrogen) atoms. The fourth-order valence-corrected chi connectivity index (χ4v) is 4.27. The molecule has 1 saturated heterocycles. The molecule has 1 aliphatic heterocycles. The monoisotopic (exact) mass is 380 g/mol. The van der Waals surface area contributed by atoms with Gasteiger partial charge in [0.05, 0.1) is 6.54 Å². The average Bonchev–Trinajstić information content (AvgIpc) is 2.64. The molecule has 0 amide bonds. The van der Waals surface area contributed by atoms with Crippen molar-refractivity contribution in [2.24, 2.45) is 0 Å². The predicted octanol–water partition coefficient (Wildman–Crippen LogP) is 1.86. The first kappa shape index (κ1) is 18.2. The van der Waals surface area contributed by atoms with Gasteiger partial charge in [-0.2, -0.15) is 9.57 Å². The van der Waals surface area contributed by atoms with E-state index in [1.807, 2.05) is 6.07 Å². The molecule has 0 N–H and O–H groups in total. The second-order valence-electron chi connectivity index (χ2n) is 5.64. The number of nitriles is 1. The summed E-state index contributed by atoms with van der Waals surface area (Å²) in [6, 6.07) is 4.13. The van der Waals surface area contributed by atoms with Crippen molar-refractivity contribution in [2.75, 3.05) is 13.1 Å². The van der Waals surface area contributed by atoms with Gasteiger partial charge in [-0.1, -0.05) is 0 Å². The number of benzene rings is 1. The van der Waals surface area contributed by atoms with Gasteiger partial charge in [-0.15, -0.1) is 0 Å². The van der Waals surface area contributed by atoms with Crippen LogP contribution in [0, 0.1) is 23.0 Å². The first-order valence-corrected chi connectivity index (χ1v) is 9.19. The number of piperidine rings is 1. The molecule has 0 saturated carbocycles. The molecule has 1 fully saturated rings. The van der Waals surface area contributed by atoms with Crippen LogP contribution >= 0.6 is 0 Å². The predicted molar refractivity (Wildman–Crippen MR) is 85.5 cm³/mol. The minimum absolute atomic E-state index is 0.0104. The molecule has 0 radical (unpaired) electrons. The van der Waals surface area contributed by atoms with E-state index in [-0.39, 0.29) is 24.7 Å². The minimum atomic E-state index is -4.22. The molecule has 3 rings (SSSR count). The van der Waals surface area contributed by atoms with Crippen LogP contribution in [-0.4, -0.2) is 41.9 Å². The third-order valence-electron chi connectivity index (χ3n) is 3.90. The van der Waals surface area contributed by atoms with Crippen molar-refractivity contribution in [3.05, 3.63) is 47.9 Å². The largest absolute Gasteiger partial charge is 0.471 e. The van der Waals surface area contributed by atoms with E-state index in [1.165, 1.54) is 12.4 Å². The van der Waals surface area contributed by atoms with Gasteiger partial charge in [0.25, 0.3) is 5.88 Å². The van der Waals surface area contributed by atoms with E-state index < -0.39 is 32.7 Å². The Hall–Kier alpha value is -2.64. The Morgan fingerprint density at radius 2 is 2.04 bits per heavy atom. The van der Waals surface area contributed by atoms with E-state index in [1.54, 1.807) is 0 Å². The fraction of sp³-hybridized carbons (Fsp3) is 0.312. The second-order valence-corrected chi connectivity index (χ2v) is 7.55. The van der Waals surface area contributed by atoms with E-state index in [4.69, 9.17) is 10.00 Å². The minimum Gasteiger partial charge on any atom is -0.471 e. The Morgan fingerprint density at radius 1 is 1.27 bits per heavy atom. The molecule has 2 aromatic rings. The highest BCUT2D eigenvalue weighted by atomic mass is 32.2. The van der Waals surface area contributed by atoms with Crippen LogP contribution in [-0.2, 0) is 10.0 Å². The Morgan fingerprint density at radius 3 is 2.81 bits per heavy atom. The normalized spacial score (nSPS) is 18.3. The van der Waals surface area contributed by atoms with Gasteiger partial charge in [0, 0.05) is 18.9 Å². The van der Waals surface area contributed by atoms with E-state index in [0.717, 1.165) is 16.4 Å². The van der Waals surface area contributed by atoms with Gasteiger partial charge in [-0.25, -0.2) is 27.2 Å². The average molecular weight is 380 g/mol. The van der Waals surface area contributed by atoms with Crippen molar-refractivity contribution >= 4 is 10.0 Å². The molecule has 0 bridgehead atoms. The molecule has 0 spiro atoms. The first-order valence-electron chi connectivity index (χ1n) is 7.75. The molecular weight excluding hydrogens is 366 g/mol. The lowest BCUT2D eigenvalue weighted by atomic mass is 10.1. The van der Waals surface area contributed by atoms with E-state index in [2.05, 4.69) is 9.97 Å². The Balaban J connectivity index is 1.82. The summed E-state index contributed by atoms with van der Waals surface area (Å²) in [6.07, 6.45) is 3.10. The summed E-state index contributed by atoms with van der Waals surface area (Å²) in [5, 5.41) is 9.02. The van der Waals surface area contributed by atoms with Crippen LogP contribution in [0.4, 0.5) is 8.78 Å². The number of hydrogen-bond donors (Lipinski definition) is 0. The quantitative estimate of drug-likeness (QED) is 0.803. The second kappa shape index (κ2) is 7.31. The standard InChI is InChI=1S/C16H14F2N4O3S/c17-11-3-4-13(18)15(8-11)26(23,24)22-7-1-2-12(10-22)25-16-14(9-19)20-5-6-21-16/h3-6,8,12H,1-2,7,10H2. The number of halogens is 2. The summed E-state index contributed by atoms with van der Waals surface area (Å²) in [5.41, 5.74) is -0.0105.